The summed E-state index contributed by atoms with van der Waals surface area (Å²) in [6, 6.07) is 14.9. The van der Waals surface area contributed by atoms with Crippen molar-refractivity contribution in [1.29, 1.82) is 0 Å². The van der Waals surface area contributed by atoms with Gasteiger partial charge in [0, 0.05) is 20.7 Å². The highest BCUT2D eigenvalue weighted by Gasteiger charge is 2.05. The average Bonchev–Trinajstić information content (AvgIpc) is 2.40. The third-order valence-corrected chi connectivity index (χ3v) is 4.42. The van der Waals surface area contributed by atoms with Crippen LogP contribution in [0.15, 0.2) is 57.9 Å². The monoisotopic (exact) mass is 336 g/mol. The first kappa shape index (κ1) is 14.0. The van der Waals surface area contributed by atoms with Gasteiger partial charge in [0.25, 0.3) is 0 Å². The Kier molecular flexibility index (Phi) is 4.87. The van der Waals surface area contributed by atoms with E-state index in [1.807, 2.05) is 24.3 Å². The summed E-state index contributed by atoms with van der Waals surface area (Å²) < 4.78 is 1.00. The first-order chi connectivity index (χ1) is 9.15. The van der Waals surface area contributed by atoms with Crippen LogP contribution in [-0.4, -0.2) is 11.7 Å². The zero-order valence-corrected chi connectivity index (χ0v) is 12.5. The molecule has 19 heavy (non-hydrogen) atoms. The van der Waals surface area contributed by atoms with E-state index in [2.05, 4.69) is 21.2 Å². The van der Waals surface area contributed by atoms with Crippen LogP contribution in [0.5, 0.6) is 0 Å². The van der Waals surface area contributed by atoms with E-state index in [4.69, 9.17) is 5.73 Å². The molecular formula is C14H13BrN2OS. The Morgan fingerprint density at radius 2 is 1.84 bits per heavy atom. The third-order valence-electron chi connectivity index (χ3n) is 2.39. The van der Waals surface area contributed by atoms with E-state index in [1.54, 1.807) is 24.3 Å². The molecule has 0 heterocycles. The second-order valence-electron chi connectivity index (χ2n) is 3.89. The fraction of sp³-hybridized carbons (Fsp3) is 0.0714. The largest absolute Gasteiger partial charge is 0.399 e. The van der Waals surface area contributed by atoms with Crippen LogP contribution in [0.25, 0.3) is 0 Å². The van der Waals surface area contributed by atoms with E-state index in [0.717, 1.165) is 15.1 Å². The van der Waals surface area contributed by atoms with Crippen LogP contribution in [0.1, 0.15) is 0 Å². The molecule has 0 bridgehead atoms. The van der Waals surface area contributed by atoms with E-state index in [9.17, 15) is 4.79 Å². The lowest BCUT2D eigenvalue weighted by molar-refractivity contribution is -0.113. The van der Waals surface area contributed by atoms with Gasteiger partial charge in [-0.15, -0.1) is 11.8 Å². The van der Waals surface area contributed by atoms with Crippen LogP contribution < -0.4 is 11.1 Å². The molecule has 98 valence electrons. The molecule has 2 aromatic rings. The molecule has 0 aliphatic heterocycles. The average molecular weight is 337 g/mol. The summed E-state index contributed by atoms with van der Waals surface area (Å²) in [6.45, 7) is 0. The summed E-state index contributed by atoms with van der Waals surface area (Å²) in [7, 11) is 0. The highest BCUT2D eigenvalue weighted by molar-refractivity contribution is 9.10. The summed E-state index contributed by atoms with van der Waals surface area (Å²) in [4.78, 5) is 12.9. The SMILES string of the molecule is Nc1ccc(NC(=O)CSc2ccccc2Br)cc1. The van der Waals surface area contributed by atoms with Gasteiger partial charge in [0.1, 0.15) is 0 Å². The van der Waals surface area contributed by atoms with Gasteiger partial charge in [-0.1, -0.05) is 12.1 Å². The van der Waals surface area contributed by atoms with Crippen LogP contribution in [0.4, 0.5) is 11.4 Å². The molecule has 0 atom stereocenters. The van der Waals surface area contributed by atoms with E-state index in [1.165, 1.54) is 11.8 Å². The zero-order chi connectivity index (χ0) is 13.7. The number of anilines is 2. The third kappa shape index (κ3) is 4.29. The predicted octanol–water partition coefficient (Wildman–Crippen LogP) is 3.76. The normalized spacial score (nSPS) is 10.2. The standard InChI is InChI=1S/C14H13BrN2OS/c15-12-3-1-2-4-13(12)19-9-14(18)17-11-7-5-10(16)6-8-11/h1-8H,9,16H2,(H,17,18). The van der Waals surface area contributed by atoms with E-state index >= 15 is 0 Å². The highest BCUT2D eigenvalue weighted by Crippen LogP contribution is 2.26. The first-order valence-corrected chi connectivity index (χ1v) is 7.46. The number of hydrogen-bond donors (Lipinski definition) is 2. The molecule has 0 spiro atoms. The molecule has 0 aliphatic carbocycles. The maximum atomic E-state index is 11.8. The van der Waals surface area contributed by atoms with E-state index < -0.39 is 0 Å². The van der Waals surface area contributed by atoms with Gasteiger partial charge in [0.15, 0.2) is 0 Å². The summed E-state index contributed by atoms with van der Waals surface area (Å²) in [5.74, 6) is 0.331. The molecule has 3 nitrogen and oxygen atoms in total. The number of nitrogen functional groups attached to an aromatic ring is 1. The molecular weight excluding hydrogens is 324 g/mol. The second-order valence-corrected chi connectivity index (χ2v) is 5.76. The lowest BCUT2D eigenvalue weighted by Crippen LogP contribution is -2.13. The smallest absolute Gasteiger partial charge is 0.234 e. The van der Waals surface area contributed by atoms with Crippen molar-refractivity contribution in [2.45, 2.75) is 4.90 Å². The zero-order valence-electron chi connectivity index (χ0n) is 10.1. The van der Waals surface area contributed by atoms with Crippen molar-refractivity contribution >= 4 is 45.0 Å². The van der Waals surface area contributed by atoms with Crippen LogP contribution in [0.2, 0.25) is 0 Å². The number of thioether (sulfide) groups is 1. The number of hydrogen-bond acceptors (Lipinski definition) is 3. The van der Waals surface area contributed by atoms with Crippen LogP contribution >= 0.6 is 27.7 Å². The quantitative estimate of drug-likeness (QED) is 0.660. The topological polar surface area (TPSA) is 55.1 Å². The maximum absolute atomic E-state index is 11.8. The van der Waals surface area contributed by atoms with Crippen molar-refractivity contribution in [2.24, 2.45) is 0 Å². The van der Waals surface area contributed by atoms with Gasteiger partial charge >= 0.3 is 0 Å². The van der Waals surface area contributed by atoms with Crippen molar-refractivity contribution in [3.63, 3.8) is 0 Å². The molecule has 0 saturated heterocycles. The highest BCUT2D eigenvalue weighted by atomic mass is 79.9. The van der Waals surface area contributed by atoms with E-state index in [-0.39, 0.29) is 5.91 Å². The van der Waals surface area contributed by atoms with Gasteiger partial charge in [-0.3, -0.25) is 4.79 Å². The Hall–Kier alpha value is -1.46. The van der Waals surface area contributed by atoms with Gasteiger partial charge in [0.2, 0.25) is 5.91 Å². The number of benzene rings is 2. The Labute approximate surface area is 124 Å². The van der Waals surface area contributed by atoms with Crippen molar-refractivity contribution < 1.29 is 4.79 Å². The molecule has 0 fully saturated rings. The molecule has 1 amide bonds. The van der Waals surface area contributed by atoms with Gasteiger partial charge in [0.05, 0.1) is 5.75 Å². The van der Waals surface area contributed by atoms with Crippen molar-refractivity contribution in [3.05, 3.63) is 53.0 Å². The minimum atomic E-state index is -0.0366. The number of amides is 1. The maximum Gasteiger partial charge on any atom is 0.234 e. The van der Waals surface area contributed by atoms with Crippen LogP contribution in [0, 0.1) is 0 Å². The second kappa shape index (κ2) is 6.63. The van der Waals surface area contributed by atoms with E-state index in [0.29, 0.717) is 11.4 Å². The minimum Gasteiger partial charge on any atom is -0.399 e. The van der Waals surface area contributed by atoms with Gasteiger partial charge in [-0.25, -0.2) is 0 Å². The number of halogens is 1. The molecule has 5 heteroatoms. The fourth-order valence-corrected chi connectivity index (χ4v) is 2.84. The molecule has 0 unspecified atom stereocenters. The molecule has 0 radical (unpaired) electrons. The Morgan fingerprint density at radius 1 is 1.16 bits per heavy atom. The number of carbonyl (C=O) groups excluding carboxylic acids is 1. The molecule has 0 aliphatic rings. The summed E-state index contributed by atoms with van der Waals surface area (Å²) in [5, 5.41) is 2.83. The summed E-state index contributed by atoms with van der Waals surface area (Å²) >= 11 is 4.95. The lowest BCUT2D eigenvalue weighted by atomic mass is 10.3. The molecule has 3 N–H and O–H groups in total. The van der Waals surface area contributed by atoms with Gasteiger partial charge < -0.3 is 11.1 Å². The van der Waals surface area contributed by atoms with Crippen molar-refractivity contribution in [1.82, 2.24) is 0 Å². The molecule has 0 saturated carbocycles. The summed E-state index contributed by atoms with van der Waals surface area (Å²) in [5.41, 5.74) is 7.02. The Bertz CT molecular complexity index is 572. The fourth-order valence-electron chi connectivity index (χ4n) is 1.47. The minimum absolute atomic E-state index is 0.0366. The number of carbonyl (C=O) groups is 1. The molecule has 2 rings (SSSR count). The number of nitrogens with two attached hydrogens (primary N) is 1. The first-order valence-electron chi connectivity index (χ1n) is 5.68. The van der Waals surface area contributed by atoms with Crippen LogP contribution in [0.3, 0.4) is 0 Å². The lowest BCUT2D eigenvalue weighted by Gasteiger charge is -2.06. The molecule has 0 aromatic heterocycles. The van der Waals surface area contributed by atoms with Crippen molar-refractivity contribution in [3.8, 4) is 0 Å². The Morgan fingerprint density at radius 3 is 2.53 bits per heavy atom. The summed E-state index contributed by atoms with van der Waals surface area (Å²) in [6.07, 6.45) is 0. The van der Waals surface area contributed by atoms with Crippen molar-refractivity contribution in [2.75, 3.05) is 16.8 Å². The van der Waals surface area contributed by atoms with Gasteiger partial charge in [-0.05, 0) is 52.3 Å². The number of nitrogens with one attached hydrogen (secondary N) is 1. The predicted molar refractivity (Wildman–Crippen MR) is 84.4 cm³/mol. The molecule has 2 aromatic carbocycles. The van der Waals surface area contributed by atoms with Crippen LogP contribution in [-0.2, 0) is 4.79 Å². The Balaban J connectivity index is 1.88. The van der Waals surface area contributed by atoms with Gasteiger partial charge in [-0.2, -0.15) is 0 Å². The number of rotatable bonds is 4.